The first-order valence-corrected chi connectivity index (χ1v) is 8.19. The molecule has 0 fully saturated rings. The molecule has 0 aliphatic rings. The number of hydrogen-bond donors (Lipinski definition) is 1. The van der Waals surface area contributed by atoms with Gasteiger partial charge in [-0.15, -0.1) is 0 Å². The minimum Gasteiger partial charge on any atom is -0.497 e. The Labute approximate surface area is 148 Å². The number of nitrogens with one attached hydrogen (secondary N) is 1. The molecule has 0 spiro atoms. The molecule has 2 aromatic carbocycles. The fourth-order valence-electron chi connectivity index (χ4n) is 2.37. The first-order valence-electron chi connectivity index (χ1n) is 8.19. The van der Waals surface area contributed by atoms with Crippen molar-refractivity contribution in [2.75, 3.05) is 12.4 Å². The Bertz CT molecular complexity index is 697. The van der Waals surface area contributed by atoms with E-state index in [1.165, 1.54) is 0 Å². The maximum absolute atomic E-state index is 12.1. The molecule has 0 saturated heterocycles. The molecule has 0 aromatic heterocycles. The zero-order valence-electron chi connectivity index (χ0n) is 14.7. The summed E-state index contributed by atoms with van der Waals surface area (Å²) in [5.41, 5.74) is 1.68. The Morgan fingerprint density at radius 2 is 1.64 bits per heavy atom. The van der Waals surface area contributed by atoms with Crippen LogP contribution in [0.25, 0.3) is 0 Å². The first kappa shape index (κ1) is 18.5. The molecule has 2 aromatic rings. The summed E-state index contributed by atoms with van der Waals surface area (Å²) >= 11 is 0. The molecule has 0 heterocycles. The van der Waals surface area contributed by atoms with E-state index >= 15 is 0 Å². The standard InChI is InChI=1S/C20H23NO4/c1-14(16-7-5-4-6-8-16)13-19(22)25-15(2)20(23)21-17-9-11-18(24-3)12-10-17/h4-12,14-15H,13H2,1-3H3,(H,21,23)/t14-,15+/m1/s1. The predicted molar refractivity (Wildman–Crippen MR) is 96.7 cm³/mol. The van der Waals surface area contributed by atoms with Crippen LogP contribution in [0.4, 0.5) is 5.69 Å². The van der Waals surface area contributed by atoms with Gasteiger partial charge in [-0.2, -0.15) is 0 Å². The smallest absolute Gasteiger partial charge is 0.307 e. The van der Waals surface area contributed by atoms with Crippen LogP contribution >= 0.6 is 0 Å². The van der Waals surface area contributed by atoms with Crippen LogP contribution in [0.3, 0.4) is 0 Å². The number of amides is 1. The molecular weight excluding hydrogens is 318 g/mol. The molecule has 0 saturated carbocycles. The second-order valence-corrected chi connectivity index (χ2v) is 5.87. The van der Waals surface area contributed by atoms with E-state index in [0.29, 0.717) is 11.4 Å². The van der Waals surface area contributed by atoms with E-state index < -0.39 is 12.1 Å². The van der Waals surface area contributed by atoms with Crippen molar-refractivity contribution in [1.82, 2.24) is 0 Å². The van der Waals surface area contributed by atoms with E-state index in [0.717, 1.165) is 5.56 Å². The molecular formula is C20H23NO4. The van der Waals surface area contributed by atoms with Gasteiger partial charge < -0.3 is 14.8 Å². The molecule has 132 valence electrons. The molecule has 5 nitrogen and oxygen atoms in total. The van der Waals surface area contributed by atoms with Crippen LogP contribution in [0, 0.1) is 0 Å². The van der Waals surface area contributed by atoms with Gasteiger partial charge in [0.1, 0.15) is 5.75 Å². The number of hydrogen-bond acceptors (Lipinski definition) is 4. The van der Waals surface area contributed by atoms with Crippen LogP contribution in [0.2, 0.25) is 0 Å². The predicted octanol–water partition coefficient (Wildman–Crippen LogP) is 3.76. The highest BCUT2D eigenvalue weighted by Crippen LogP contribution is 2.19. The fraction of sp³-hybridized carbons (Fsp3) is 0.300. The minimum atomic E-state index is -0.863. The van der Waals surface area contributed by atoms with Gasteiger partial charge in [0.15, 0.2) is 6.10 Å². The maximum atomic E-state index is 12.1. The van der Waals surface area contributed by atoms with Gasteiger partial charge in [-0.05, 0) is 42.7 Å². The molecule has 0 radical (unpaired) electrons. The van der Waals surface area contributed by atoms with Crippen molar-refractivity contribution >= 4 is 17.6 Å². The summed E-state index contributed by atoms with van der Waals surface area (Å²) in [6, 6.07) is 16.7. The summed E-state index contributed by atoms with van der Waals surface area (Å²) in [5, 5.41) is 2.71. The Kier molecular flexibility index (Phi) is 6.57. The first-order chi connectivity index (χ1) is 12.0. The SMILES string of the molecule is COc1ccc(NC(=O)[C@H](C)OC(=O)C[C@@H](C)c2ccccc2)cc1. The third-order valence-electron chi connectivity index (χ3n) is 3.88. The number of carbonyl (C=O) groups excluding carboxylic acids is 2. The Balaban J connectivity index is 1.84. The van der Waals surface area contributed by atoms with Crippen molar-refractivity contribution in [3.8, 4) is 5.75 Å². The van der Waals surface area contributed by atoms with E-state index in [1.807, 2.05) is 37.3 Å². The molecule has 0 unspecified atom stereocenters. The van der Waals surface area contributed by atoms with Crippen LogP contribution in [0.1, 0.15) is 31.7 Å². The van der Waals surface area contributed by atoms with Gasteiger partial charge in [0.25, 0.3) is 5.91 Å². The lowest BCUT2D eigenvalue weighted by atomic mass is 9.98. The number of esters is 1. The van der Waals surface area contributed by atoms with Crippen LogP contribution in [-0.4, -0.2) is 25.1 Å². The van der Waals surface area contributed by atoms with Crippen LogP contribution in [-0.2, 0) is 14.3 Å². The molecule has 2 rings (SSSR count). The zero-order valence-corrected chi connectivity index (χ0v) is 14.7. The summed E-state index contributed by atoms with van der Waals surface area (Å²) in [7, 11) is 1.57. The van der Waals surface area contributed by atoms with E-state index in [4.69, 9.17) is 9.47 Å². The highest BCUT2D eigenvalue weighted by atomic mass is 16.5. The fourth-order valence-corrected chi connectivity index (χ4v) is 2.37. The number of methoxy groups -OCH3 is 1. The summed E-state index contributed by atoms with van der Waals surface area (Å²) in [5.74, 6) is -0.0301. The number of rotatable bonds is 7. The van der Waals surface area contributed by atoms with Gasteiger partial charge in [0.2, 0.25) is 0 Å². The molecule has 1 N–H and O–H groups in total. The highest BCUT2D eigenvalue weighted by Gasteiger charge is 2.20. The molecule has 25 heavy (non-hydrogen) atoms. The van der Waals surface area contributed by atoms with Crippen molar-refractivity contribution in [2.24, 2.45) is 0 Å². The van der Waals surface area contributed by atoms with Crippen LogP contribution in [0.15, 0.2) is 54.6 Å². The van der Waals surface area contributed by atoms with Crippen molar-refractivity contribution in [3.63, 3.8) is 0 Å². The highest BCUT2D eigenvalue weighted by molar-refractivity contribution is 5.95. The Hall–Kier alpha value is -2.82. The summed E-state index contributed by atoms with van der Waals surface area (Å²) in [4.78, 5) is 24.2. The van der Waals surface area contributed by atoms with E-state index in [2.05, 4.69) is 5.32 Å². The number of ether oxygens (including phenoxy) is 2. The third-order valence-corrected chi connectivity index (χ3v) is 3.88. The average Bonchev–Trinajstić information content (AvgIpc) is 2.62. The lowest BCUT2D eigenvalue weighted by Crippen LogP contribution is -2.30. The van der Waals surface area contributed by atoms with Gasteiger partial charge in [0, 0.05) is 5.69 Å². The summed E-state index contributed by atoms with van der Waals surface area (Å²) < 4.78 is 10.3. The lowest BCUT2D eigenvalue weighted by Gasteiger charge is -2.16. The molecule has 0 aliphatic carbocycles. The largest absolute Gasteiger partial charge is 0.497 e. The van der Waals surface area contributed by atoms with Crippen molar-refractivity contribution in [2.45, 2.75) is 32.3 Å². The minimum absolute atomic E-state index is 0.0329. The van der Waals surface area contributed by atoms with Gasteiger partial charge in [-0.25, -0.2) is 0 Å². The maximum Gasteiger partial charge on any atom is 0.307 e. The molecule has 0 aliphatic heterocycles. The molecule has 2 atom stereocenters. The Morgan fingerprint density at radius 1 is 1.00 bits per heavy atom. The average molecular weight is 341 g/mol. The van der Waals surface area contributed by atoms with Crippen molar-refractivity contribution in [3.05, 3.63) is 60.2 Å². The number of benzene rings is 2. The molecule has 0 bridgehead atoms. The van der Waals surface area contributed by atoms with Gasteiger partial charge >= 0.3 is 5.97 Å². The normalized spacial score (nSPS) is 12.8. The van der Waals surface area contributed by atoms with Gasteiger partial charge in [0.05, 0.1) is 13.5 Å². The zero-order chi connectivity index (χ0) is 18.2. The van der Waals surface area contributed by atoms with E-state index in [9.17, 15) is 9.59 Å². The second kappa shape index (κ2) is 8.87. The second-order valence-electron chi connectivity index (χ2n) is 5.87. The van der Waals surface area contributed by atoms with Crippen molar-refractivity contribution < 1.29 is 19.1 Å². The van der Waals surface area contributed by atoms with Gasteiger partial charge in [-0.3, -0.25) is 9.59 Å². The summed E-state index contributed by atoms with van der Waals surface area (Å²) in [6.07, 6.45) is -0.637. The molecule has 1 amide bonds. The molecule has 5 heteroatoms. The van der Waals surface area contributed by atoms with Crippen LogP contribution < -0.4 is 10.1 Å². The number of anilines is 1. The quantitative estimate of drug-likeness (QED) is 0.779. The lowest BCUT2D eigenvalue weighted by molar-refractivity contribution is -0.153. The van der Waals surface area contributed by atoms with E-state index in [-0.39, 0.29) is 18.2 Å². The van der Waals surface area contributed by atoms with Gasteiger partial charge in [-0.1, -0.05) is 37.3 Å². The monoisotopic (exact) mass is 341 g/mol. The third kappa shape index (κ3) is 5.64. The van der Waals surface area contributed by atoms with E-state index in [1.54, 1.807) is 38.3 Å². The Morgan fingerprint density at radius 3 is 2.24 bits per heavy atom. The summed E-state index contributed by atoms with van der Waals surface area (Å²) in [6.45, 7) is 3.52. The van der Waals surface area contributed by atoms with Crippen LogP contribution in [0.5, 0.6) is 5.75 Å². The topological polar surface area (TPSA) is 64.6 Å². The van der Waals surface area contributed by atoms with Crippen molar-refractivity contribution in [1.29, 1.82) is 0 Å². The number of carbonyl (C=O) groups is 2.